The van der Waals surface area contributed by atoms with E-state index >= 15 is 0 Å². The molecule has 0 heterocycles. The number of benzene rings is 2. The normalized spacial score (nSPS) is 11.7. The highest BCUT2D eigenvalue weighted by Gasteiger charge is 2.26. The second kappa shape index (κ2) is 12.4. The van der Waals surface area contributed by atoms with E-state index in [4.69, 9.17) is 44.3 Å². The summed E-state index contributed by atoms with van der Waals surface area (Å²) in [4.78, 5) is 27.8. The van der Waals surface area contributed by atoms with Crippen LogP contribution in [0.2, 0.25) is 10.0 Å². The van der Waals surface area contributed by atoms with Crippen molar-refractivity contribution in [1.82, 2.24) is 4.90 Å². The Balaban J connectivity index is 2.09. The van der Waals surface area contributed by atoms with Crippen molar-refractivity contribution in [3.63, 3.8) is 0 Å². The number of alkyl halides is 1. The molecule has 0 saturated carbocycles. The summed E-state index contributed by atoms with van der Waals surface area (Å²) < 4.78 is 10.9. The van der Waals surface area contributed by atoms with Crippen LogP contribution in [0.3, 0.4) is 0 Å². The third-order valence-corrected chi connectivity index (χ3v) is 6.32. The van der Waals surface area contributed by atoms with Crippen LogP contribution in [0.15, 0.2) is 36.4 Å². The lowest BCUT2D eigenvalue weighted by molar-refractivity contribution is -0.118. The Kier molecular flexibility index (Phi) is 10.4. The van der Waals surface area contributed by atoms with Gasteiger partial charge >= 0.3 is 6.09 Å². The van der Waals surface area contributed by atoms with Crippen LogP contribution in [0, 0.1) is 0 Å². The zero-order valence-corrected chi connectivity index (χ0v) is 24.2. The highest BCUT2D eigenvalue weighted by atomic mass is 35.5. The van der Waals surface area contributed by atoms with E-state index < -0.39 is 11.7 Å². The number of hydrogen-bond donors (Lipinski definition) is 0. The molecule has 0 aromatic heterocycles. The average molecular weight is 558 g/mol. The van der Waals surface area contributed by atoms with Crippen LogP contribution >= 0.6 is 34.8 Å². The van der Waals surface area contributed by atoms with Gasteiger partial charge in [0.25, 0.3) is 0 Å². The zero-order valence-electron chi connectivity index (χ0n) is 22.0. The maximum Gasteiger partial charge on any atom is 0.410 e. The predicted octanol–water partition coefficient (Wildman–Crippen LogP) is 6.81. The summed E-state index contributed by atoms with van der Waals surface area (Å²) in [6, 6.07) is 11.7. The monoisotopic (exact) mass is 556 g/mol. The summed E-state index contributed by atoms with van der Waals surface area (Å²) in [5.41, 5.74) is 1.87. The number of anilines is 1. The Hall–Kier alpha value is -2.15. The topological polar surface area (TPSA) is 59.1 Å². The minimum Gasteiger partial charge on any atom is -0.489 e. The van der Waals surface area contributed by atoms with Crippen molar-refractivity contribution in [2.24, 2.45) is 0 Å². The number of ether oxygens (including phenoxy) is 2. The standard InChI is InChI=1S/C27H35Cl3N2O4/c1-26(2,3)36-25(34)32(7)17-21(33)16-31(6)20-10-8-18(9-11-20)27(4,5)19-14-22(29)24(23(30)15-19)35-13-12-28/h8-11,14-15H,12-13,16-17H2,1-7H3. The zero-order chi connectivity index (χ0) is 27.3. The van der Waals surface area contributed by atoms with Crippen LogP contribution in [-0.2, 0) is 14.9 Å². The first kappa shape index (κ1) is 30.1. The SMILES string of the molecule is CN(CC(=O)CN(C)c1ccc(C(C)(C)c2cc(Cl)c(OCCCl)c(Cl)c2)cc1)C(=O)OC(C)(C)C. The lowest BCUT2D eigenvalue weighted by Crippen LogP contribution is -2.39. The van der Waals surface area contributed by atoms with Crippen LogP contribution in [0.1, 0.15) is 45.7 Å². The number of likely N-dealkylation sites (N-methyl/N-ethyl adjacent to an activating group) is 2. The molecule has 0 fully saturated rings. The van der Waals surface area contributed by atoms with Gasteiger partial charge in [0.05, 0.1) is 29.0 Å². The second-order valence-corrected chi connectivity index (χ2v) is 11.4. The molecule has 0 aliphatic rings. The van der Waals surface area contributed by atoms with Crippen LogP contribution in [0.4, 0.5) is 10.5 Å². The molecule has 198 valence electrons. The number of carbonyl (C=O) groups excluding carboxylic acids is 2. The molecule has 0 unspecified atom stereocenters. The van der Waals surface area contributed by atoms with E-state index in [9.17, 15) is 9.59 Å². The first-order chi connectivity index (χ1) is 16.7. The van der Waals surface area contributed by atoms with Gasteiger partial charge in [-0.1, -0.05) is 49.2 Å². The number of halogens is 3. The van der Waals surface area contributed by atoms with Crippen molar-refractivity contribution >= 4 is 52.4 Å². The number of carbonyl (C=O) groups is 2. The molecule has 0 aliphatic heterocycles. The van der Waals surface area contributed by atoms with Gasteiger partial charge in [-0.15, -0.1) is 11.6 Å². The molecule has 2 aromatic carbocycles. The van der Waals surface area contributed by atoms with Crippen LogP contribution in [0.5, 0.6) is 5.75 Å². The Bertz CT molecular complexity index is 1040. The minimum absolute atomic E-state index is 0.0313. The maximum absolute atomic E-state index is 12.5. The molecule has 2 rings (SSSR count). The quantitative estimate of drug-likeness (QED) is 0.300. The number of amides is 1. The predicted molar refractivity (Wildman–Crippen MR) is 148 cm³/mol. The van der Waals surface area contributed by atoms with E-state index in [2.05, 4.69) is 13.8 Å². The van der Waals surface area contributed by atoms with Crippen LogP contribution in [-0.4, -0.2) is 62.0 Å². The van der Waals surface area contributed by atoms with Gasteiger partial charge in [-0.25, -0.2) is 4.79 Å². The van der Waals surface area contributed by atoms with E-state index in [1.807, 2.05) is 48.3 Å². The molecule has 0 saturated heterocycles. The van der Waals surface area contributed by atoms with E-state index in [0.717, 1.165) is 16.8 Å². The van der Waals surface area contributed by atoms with Crippen molar-refractivity contribution in [3.05, 3.63) is 57.6 Å². The third kappa shape index (κ3) is 8.19. The average Bonchev–Trinajstić information content (AvgIpc) is 2.77. The maximum atomic E-state index is 12.5. The van der Waals surface area contributed by atoms with Crippen LogP contribution < -0.4 is 9.64 Å². The Morgan fingerprint density at radius 2 is 1.44 bits per heavy atom. The molecule has 0 atom stereocenters. The van der Waals surface area contributed by atoms with Crippen molar-refractivity contribution in [2.45, 2.75) is 45.6 Å². The highest BCUT2D eigenvalue weighted by molar-refractivity contribution is 6.37. The van der Waals surface area contributed by atoms with Gasteiger partial charge in [0, 0.05) is 25.2 Å². The summed E-state index contributed by atoms with van der Waals surface area (Å²) in [5.74, 6) is 0.667. The molecule has 6 nitrogen and oxygen atoms in total. The molecule has 9 heteroatoms. The highest BCUT2D eigenvalue weighted by Crippen LogP contribution is 2.40. The first-order valence-corrected chi connectivity index (χ1v) is 12.9. The number of hydrogen-bond acceptors (Lipinski definition) is 5. The molecule has 0 spiro atoms. The fourth-order valence-electron chi connectivity index (χ4n) is 3.57. The summed E-state index contributed by atoms with van der Waals surface area (Å²) >= 11 is 18.6. The summed E-state index contributed by atoms with van der Waals surface area (Å²) in [5, 5.41) is 0.865. The van der Waals surface area contributed by atoms with Crippen molar-refractivity contribution in [1.29, 1.82) is 0 Å². The van der Waals surface area contributed by atoms with Gasteiger partial charge in [-0.3, -0.25) is 4.79 Å². The van der Waals surface area contributed by atoms with Crippen LogP contribution in [0.25, 0.3) is 0 Å². The van der Waals surface area contributed by atoms with Gasteiger partial charge in [0.15, 0.2) is 11.5 Å². The van der Waals surface area contributed by atoms with Crippen molar-refractivity contribution < 1.29 is 19.1 Å². The fourth-order valence-corrected chi connectivity index (χ4v) is 4.25. The van der Waals surface area contributed by atoms with E-state index in [0.29, 0.717) is 28.3 Å². The largest absolute Gasteiger partial charge is 0.489 e. The Morgan fingerprint density at radius 3 is 1.94 bits per heavy atom. The fraction of sp³-hybridized carbons (Fsp3) is 0.481. The van der Waals surface area contributed by atoms with Gasteiger partial charge in [-0.2, -0.15) is 0 Å². The molecule has 36 heavy (non-hydrogen) atoms. The van der Waals surface area contributed by atoms with E-state index in [1.165, 1.54) is 4.90 Å². The van der Waals surface area contributed by atoms with E-state index in [-0.39, 0.29) is 24.3 Å². The molecule has 0 N–H and O–H groups in total. The molecular formula is C27H35Cl3N2O4. The minimum atomic E-state index is -0.614. The Labute approximate surface area is 229 Å². The molecule has 2 aromatic rings. The van der Waals surface area contributed by atoms with Crippen molar-refractivity contribution in [3.8, 4) is 5.75 Å². The lowest BCUT2D eigenvalue weighted by atomic mass is 9.78. The summed E-state index contributed by atoms with van der Waals surface area (Å²) in [6.45, 7) is 9.98. The number of rotatable bonds is 10. The number of Topliss-reactive ketones (excluding diaryl/α,β-unsaturated/α-hetero) is 1. The van der Waals surface area contributed by atoms with Gasteiger partial charge < -0.3 is 19.3 Å². The van der Waals surface area contributed by atoms with Gasteiger partial charge in [-0.05, 0) is 56.2 Å². The lowest BCUT2D eigenvalue weighted by Gasteiger charge is -2.28. The number of nitrogens with zero attached hydrogens (tertiary/aromatic N) is 2. The molecule has 0 aliphatic carbocycles. The Morgan fingerprint density at radius 1 is 0.889 bits per heavy atom. The van der Waals surface area contributed by atoms with E-state index in [1.54, 1.807) is 27.8 Å². The molecule has 0 radical (unpaired) electrons. The summed E-state index contributed by atoms with van der Waals surface area (Å²) in [7, 11) is 3.39. The number of ketones is 1. The van der Waals surface area contributed by atoms with Gasteiger partial charge in [0.2, 0.25) is 0 Å². The third-order valence-electron chi connectivity index (χ3n) is 5.61. The second-order valence-electron chi connectivity index (χ2n) is 10.2. The molecule has 1 amide bonds. The van der Waals surface area contributed by atoms with Gasteiger partial charge in [0.1, 0.15) is 12.2 Å². The first-order valence-electron chi connectivity index (χ1n) is 11.6. The summed E-state index contributed by atoms with van der Waals surface area (Å²) in [6.07, 6.45) is -0.524. The molecular weight excluding hydrogens is 523 g/mol. The smallest absolute Gasteiger partial charge is 0.410 e. The van der Waals surface area contributed by atoms with Crippen molar-refractivity contribution in [2.75, 3.05) is 44.6 Å². The molecule has 0 bridgehead atoms.